The summed E-state index contributed by atoms with van der Waals surface area (Å²) in [5.74, 6) is 0. The quantitative estimate of drug-likeness (QED) is 0.847. The molecule has 0 radical (unpaired) electrons. The van der Waals surface area contributed by atoms with Crippen LogP contribution in [0.3, 0.4) is 0 Å². The molecule has 0 saturated heterocycles. The number of sulfonamides is 1. The van der Waals surface area contributed by atoms with E-state index in [1.165, 1.54) is 0 Å². The molecule has 1 rings (SSSR count). The lowest BCUT2D eigenvalue weighted by Gasteiger charge is -2.30. The van der Waals surface area contributed by atoms with Crippen molar-refractivity contribution in [1.29, 1.82) is 0 Å². The van der Waals surface area contributed by atoms with Crippen LogP contribution in [0, 0.1) is 5.41 Å². The third-order valence-electron chi connectivity index (χ3n) is 3.40. The summed E-state index contributed by atoms with van der Waals surface area (Å²) in [4.78, 5) is 0.266. The molecular weight excluding hydrogens is 274 g/mol. The third kappa shape index (κ3) is 4.58. The summed E-state index contributed by atoms with van der Waals surface area (Å²) in [7, 11) is -3.55. The molecule has 0 heterocycles. The van der Waals surface area contributed by atoms with Crippen molar-refractivity contribution in [3.05, 3.63) is 29.8 Å². The molecular formula is C15H25NO3S. The highest BCUT2D eigenvalue weighted by molar-refractivity contribution is 7.89. The lowest BCUT2D eigenvalue weighted by Crippen LogP contribution is -2.44. The van der Waals surface area contributed by atoms with Crippen molar-refractivity contribution in [3.63, 3.8) is 0 Å². The number of aliphatic hydroxyl groups is 1. The predicted molar refractivity (Wildman–Crippen MR) is 81.1 cm³/mol. The van der Waals surface area contributed by atoms with Crippen molar-refractivity contribution < 1.29 is 13.5 Å². The van der Waals surface area contributed by atoms with Gasteiger partial charge in [0.05, 0.1) is 4.90 Å². The van der Waals surface area contributed by atoms with Crippen LogP contribution in [0.1, 0.15) is 39.7 Å². The summed E-state index contributed by atoms with van der Waals surface area (Å²) in [5, 5.41) is 9.10. The number of hydrogen-bond acceptors (Lipinski definition) is 3. The molecule has 5 heteroatoms. The summed E-state index contributed by atoms with van der Waals surface area (Å²) in [5.41, 5.74) is 0.853. The number of benzene rings is 1. The SMILES string of the molecule is CCc1ccc(S(=O)(=O)NC(CCO)C(C)(C)C)cc1. The standard InChI is InChI=1S/C15H25NO3S/c1-5-12-6-8-13(9-7-12)20(18,19)16-14(10-11-17)15(2,3)4/h6-9,14,16-17H,5,10-11H2,1-4H3. The maximum absolute atomic E-state index is 12.4. The van der Waals surface area contributed by atoms with Crippen LogP contribution in [0.5, 0.6) is 0 Å². The van der Waals surface area contributed by atoms with E-state index >= 15 is 0 Å². The van der Waals surface area contributed by atoms with Crippen molar-refractivity contribution in [1.82, 2.24) is 4.72 Å². The molecule has 0 spiro atoms. The zero-order valence-electron chi connectivity index (χ0n) is 12.7. The van der Waals surface area contributed by atoms with E-state index in [-0.39, 0.29) is 23.0 Å². The van der Waals surface area contributed by atoms with Gasteiger partial charge in [0.1, 0.15) is 0 Å². The highest BCUT2D eigenvalue weighted by Crippen LogP contribution is 2.23. The van der Waals surface area contributed by atoms with Gasteiger partial charge in [-0.2, -0.15) is 0 Å². The topological polar surface area (TPSA) is 66.4 Å². The Balaban J connectivity index is 2.97. The fraction of sp³-hybridized carbons (Fsp3) is 0.600. The summed E-state index contributed by atoms with van der Waals surface area (Å²) in [6, 6.07) is 6.60. The Morgan fingerprint density at radius 1 is 1.20 bits per heavy atom. The fourth-order valence-corrected chi connectivity index (χ4v) is 3.43. The van der Waals surface area contributed by atoms with Crippen LogP contribution in [0.4, 0.5) is 0 Å². The molecule has 0 aliphatic carbocycles. The normalized spacial score (nSPS) is 14.2. The molecule has 2 N–H and O–H groups in total. The zero-order chi connectivity index (χ0) is 15.4. The van der Waals surface area contributed by atoms with Crippen LogP contribution >= 0.6 is 0 Å². The molecule has 4 nitrogen and oxygen atoms in total. The molecule has 0 amide bonds. The van der Waals surface area contributed by atoms with Gasteiger partial charge < -0.3 is 5.11 Å². The Bertz CT molecular complexity index is 515. The van der Waals surface area contributed by atoms with Crippen molar-refractivity contribution in [2.75, 3.05) is 6.61 Å². The second-order valence-electron chi connectivity index (χ2n) is 6.05. The number of rotatable bonds is 6. The van der Waals surface area contributed by atoms with Gasteiger partial charge in [0.25, 0.3) is 0 Å². The van der Waals surface area contributed by atoms with Gasteiger partial charge in [-0.1, -0.05) is 39.8 Å². The molecule has 0 aromatic heterocycles. The van der Waals surface area contributed by atoms with Gasteiger partial charge in [-0.25, -0.2) is 13.1 Å². The van der Waals surface area contributed by atoms with Crippen LogP contribution in [0.15, 0.2) is 29.2 Å². The highest BCUT2D eigenvalue weighted by atomic mass is 32.2. The second-order valence-corrected chi connectivity index (χ2v) is 7.76. The largest absolute Gasteiger partial charge is 0.396 e. The molecule has 0 aliphatic heterocycles. The summed E-state index contributed by atoms with van der Waals surface area (Å²) < 4.78 is 27.4. The predicted octanol–water partition coefficient (Wildman–Crippen LogP) is 2.32. The Hall–Kier alpha value is -0.910. The van der Waals surface area contributed by atoms with E-state index in [0.29, 0.717) is 6.42 Å². The number of nitrogens with one attached hydrogen (secondary N) is 1. The van der Waals surface area contributed by atoms with E-state index in [2.05, 4.69) is 4.72 Å². The van der Waals surface area contributed by atoms with Crippen molar-refractivity contribution >= 4 is 10.0 Å². The Labute approximate surface area is 122 Å². The van der Waals surface area contributed by atoms with Crippen LogP contribution in [-0.4, -0.2) is 26.2 Å². The number of aryl methyl sites for hydroxylation is 1. The summed E-state index contributed by atoms with van der Waals surface area (Å²) in [6.45, 7) is 7.85. The Morgan fingerprint density at radius 3 is 2.15 bits per heavy atom. The van der Waals surface area contributed by atoms with E-state index in [1.807, 2.05) is 39.8 Å². The first-order chi connectivity index (χ1) is 9.20. The third-order valence-corrected chi connectivity index (χ3v) is 4.89. The van der Waals surface area contributed by atoms with Crippen molar-refractivity contribution in [3.8, 4) is 0 Å². The molecule has 114 valence electrons. The van der Waals surface area contributed by atoms with Crippen LogP contribution in [0.2, 0.25) is 0 Å². The average Bonchev–Trinajstić information content (AvgIpc) is 2.37. The smallest absolute Gasteiger partial charge is 0.240 e. The van der Waals surface area contributed by atoms with Gasteiger partial charge in [0.2, 0.25) is 10.0 Å². The maximum Gasteiger partial charge on any atom is 0.240 e. The van der Waals surface area contributed by atoms with Gasteiger partial charge in [0, 0.05) is 12.6 Å². The molecule has 0 bridgehead atoms. The van der Waals surface area contributed by atoms with Crippen LogP contribution in [0.25, 0.3) is 0 Å². The van der Waals surface area contributed by atoms with E-state index in [1.54, 1.807) is 12.1 Å². The fourth-order valence-electron chi connectivity index (χ4n) is 1.96. The van der Waals surface area contributed by atoms with Crippen LogP contribution in [-0.2, 0) is 16.4 Å². The first-order valence-electron chi connectivity index (χ1n) is 6.93. The molecule has 1 atom stereocenters. The second kappa shape index (κ2) is 6.70. The van der Waals surface area contributed by atoms with Crippen molar-refractivity contribution in [2.24, 2.45) is 5.41 Å². The molecule has 1 unspecified atom stereocenters. The van der Waals surface area contributed by atoms with E-state index < -0.39 is 10.0 Å². The highest BCUT2D eigenvalue weighted by Gasteiger charge is 2.29. The number of aliphatic hydroxyl groups excluding tert-OH is 1. The minimum absolute atomic E-state index is 0.0424. The van der Waals surface area contributed by atoms with Gasteiger partial charge >= 0.3 is 0 Å². The average molecular weight is 299 g/mol. The summed E-state index contributed by atoms with van der Waals surface area (Å²) in [6.07, 6.45) is 1.28. The van der Waals surface area contributed by atoms with E-state index in [4.69, 9.17) is 5.11 Å². The van der Waals surface area contributed by atoms with Crippen LogP contribution < -0.4 is 4.72 Å². The lowest BCUT2D eigenvalue weighted by molar-refractivity contribution is 0.214. The Morgan fingerprint density at radius 2 is 1.75 bits per heavy atom. The van der Waals surface area contributed by atoms with Crippen molar-refractivity contribution in [2.45, 2.75) is 51.5 Å². The minimum atomic E-state index is -3.55. The lowest BCUT2D eigenvalue weighted by atomic mass is 9.86. The Kier molecular flexibility index (Phi) is 5.74. The first kappa shape index (κ1) is 17.1. The zero-order valence-corrected chi connectivity index (χ0v) is 13.5. The summed E-state index contributed by atoms with van der Waals surface area (Å²) >= 11 is 0. The van der Waals surface area contributed by atoms with E-state index in [9.17, 15) is 8.42 Å². The molecule has 1 aromatic rings. The number of hydrogen-bond donors (Lipinski definition) is 2. The molecule has 1 aromatic carbocycles. The monoisotopic (exact) mass is 299 g/mol. The molecule has 0 fully saturated rings. The minimum Gasteiger partial charge on any atom is -0.396 e. The van der Waals surface area contributed by atoms with Gasteiger partial charge in [-0.15, -0.1) is 0 Å². The first-order valence-corrected chi connectivity index (χ1v) is 8.41. The van der Waals surface area contributed by atoms with E-state index in [0.717, 1.165) is 12.0 Å². The maximum atomic E-state index is 12.4. The van der Waals surface area contributed by atoms with Gasteiger partial charge in [-0.3, -0.25) is 0 Å². The molecule has 0 aliphatic rings. The molecule has 0 saturated carbocycles. The van der Waals surface area contributed by atoms with Gasteiger partial charge in [0.15, 0.2) is 0 Å². The molecule has 20 heavy (non-hydrogen) atoms. The van der Waals surface area contributed by atoms with Gasteiger partial charge in [-0.05, 0) is 36.0 Å².